The number of halogens is 2. The molecule has 2 aromatic heterocycles. The number of nitrogens with one attached hydrogen (secondary N) is 2. The first kappa shape index (κ1) is 74.1. The number of rotatable bonds is 39. The first-order chi connectivity index (χ1) is 45.1. The molecule has 7 rings (SSSR count). The Kier molecular flexibility index (Phi) is 32.5. The molecule has 2 amide bonds. The lowest BCUT2D eigenvalue weighted by Crippen LogP contribution is -2.50. The number of aliphatic carboxylic acids is 3. The summed E-state index contributed by atoms with van der Waals surface area (Å²) in [6, 6.07) is 10.7. The predicted octanol–water partition coefficient (Wildman–Crippen LogP) is 2.08. The van der Waals surface area contributed by atoms with Crippen molar-refractivity contribution in [1.29, 1.82) is 0 Å². The third-order valence-electron chi connectivity index (χ3n) is 15.9. The number of hydrogen-bond acceptors (Lipinski definition) is 22. The molecule has 0 unspecified atom stereocenters. The number of benzene rings is 2. The van der Waals surface area contributed by atoms with Gasteiger partial charge in [-0.05, 0) is 61.2 Å². The third-order valence-corrected chi connectivity index (χ3v) is 16.1. The van der Waals surface area contributed by atoms with Crippen molar-refractivity contribution < 1.29 is 81.6 Å². The topological polar surface area (TPSA) is 322 Å². The zero-order valence-electron chi connectivity index (χ0n) is 53.5. The van der Waals surface area contributed by atoms with E-state index in [1.54, 1.807) is 20.8 Å². The highest BCUT2D eigenvalue weighted by Crippen LogP contribution is 2.45. The van der Waals surface area contributed by atoms with E-state index in [1.165, 1.54) is 6.07 Å². The predicted molar refractivity (Wildman–Crippen MR) is 346 cm³/mol. The van der Waals surface area contributed by atoms with Gasteiger partial charge in [-0.3, -0.25) is 43.6 Å². The average molecular weight is 1330 g/mol. The fourth-order valence-corrected chi connectivity index (χ4v) is 11.2. The van der Waals surface area contributed by atoms with Gasteiger partial charge < -0.3 is 83.9 Å². The second-order valence-corrected chi connectivity index (χ2v) is 23.4. The maximum Gasteiger partial charge on any atom is 0.317 e. The summed E-state index contributed by atoms with van der Waals surface area (Å²) in [6.45, 7) is 13.4. The SMILES string of the molecule is Cc1cc(F)cc(-c2cnc(N3CCN(C(=O)CCOCCOCCOCCOCCOCCOCCOCCOCCNC(=O)CN4CCN(CC(=O)O)CCN(CC(=O)O)CCN(CC(=O)O)CC4)CC3)c(-c3nc4cc(Cl)ccc4[nH]3)c2N2CCC(N)CC2)c1. The first-order valence-electron chi connectivity index (χ1n) is 32.0. The minimum absolute atomic E-state index is 0.0131. The maximum atomic E-state index is 15.0. The van der Waals surface area contributed by atoms with Crippen LogP contribution in [-0.4, -0.2) is 321 Å². The number of aryl methyl sites for hydroxylation is 1. The van der Waals surface area contributed by atoms with Crippen LogP contribution >= 0.6 is 11.6 Å². The summed E-state index contributed by atoms with van der Waals surface area (Å²) in [7, 11) is 0. The lowest BCUT2D eigenvalue weighted by molar-refractivity contribution is -0.140. The van der Waals surface area contributed by atoms with Gasteiger partial charge in [-0.15, -0.1) is 0 Å². The lowest BCUT2D eigenvalue weighted by atomic mass is 9.96. The number of H-pyrrole nitrogens is 1. The number of aromatic amines is 1. The van der Waals surface area contributed by atoms with Gasteiger partial charge in [-0.25, -0.2) is 14.4 Å². The molecule has 0 atom stereocenters. The Morgan fingerprint density at radius 2 is 1.05 bits per heavy atom. The van der Waals surface area contributed by atoms with Gasteiger partial charge in [0.2, 0.25) is 11.8 Å². The highest BCUT2D eigenvalue weighted by atomic mass is 35.5. The van der Waals surface area contributed by atoms with Crippen LogP contribution in [0.4, 0.5) is 15.9 Å². The van der Waals surface area contributed by atoms with E-state index >= 15 is 4.39 Å². The Balaban J connectivity index is 0.663. The van der Waals surface area contributed by atoms with E-state index in [2.05, 4.69) is 20.1 Å². The van der Waals surface area contributed by atoms with Crippen LogP contribution in [0.3, 0.4) is 0 Å². The van der Waals surface area contributed by atoms with Crippen LogP contribution in [-0.2, 0) is 61.9 Å². The number of carbonyl (C=O) groups excluding carboxylic acids is 2. The van der Waals surface area contributed by atoms with E-state index in [0.29, 0.717) is 187 Å². The standard InChI is InChI=1S/C63H94ClFN12O16/c1-47-38-48(40-50(65)39-47)52-42-68-63(60(61(52)76-8-4-51(66)5-9-76)62-69-53-3-2-49(64)41-54(53)70-62)77-20-18-75(19-21-77)56(79)6-22-86-24-26-88-28-30-90-32-34-92-36-37-93-35-33-91-31-29-89-27-25-87-23-7-67-55(78)43-71-10-12-72(44-57(80)81)14-16-74(46-59(84)85)17-15-73(13-11-71)45-58(82)83/h2-3,38-42,51H,4-37,43-46,66H2,1H3,(H,67,78)(H,69,70)(H,80,81)(H,82,83)(H,84,85). The number of anilines is 2. The molecule has 3 saturated heterocycles. The number of nitrogens with two attached hydrogens (primary N) is 1. The molecule has 0 bridgehead atoms. The van der Waals surface area contributed by atoms with Gasteiger partial charge >= 0.3 is 17.9 Å². The molecular weight excluding hydrogens is 1240 g/mol. The Hall–Kier alpha value is -6.29. The molecule has 93 heavy (non-hydrogen) atoms. The van der Waals surface area contributed by atoms with Crippen molar-refractivity contribution in [3.05, 3.63) is 59.0 Å². The molecule has 2 aromatic carbocycles. The van der Waals surface area contributed by atoms with Crippen LogP contribution in [0.25, 0.3) is 33.5 Å². The average Bonchev–Trinajstić information content (AvgIpc) is 1.75. The number of piperazine rings is 1. The van der Waals surface area contributed by atoms with Gasteiger partial charge in [0, 0.05) is 121 Å². The summed E-state index contributed by atoms with van der Waals surface area (Å²) < 4.78 is 59.8. The fraction of sp³-hybridized carbons (Fsp3) is 0.635. The van der Waals surface area contributed by atoms with Gasteiger partial charge in [0.25, 0.3) is 0 Å². The monoisotopic (exact) mass is 1330 g/mol. The molecule has 0 aliphatic carbocycles. The van der Waals surface area contributed by atoms with Crippen molar-refractivity contribution in [3.63, 3.8) is 0 Å². The van der Waals surface area contributed by atoms with E-state index in [-0.39, 0.29) is 89.1 Å². The quantitative estimate of drug-likeness (QED) is 0.0348. The minimum atomic E-state index is -1.03. The van der Waals surface area contributed by atoms with Crippen LogP contribution < -0.4 is 20.9 Å². The second-order valence-electron chi connectivity index (χ2n) is 23.0. The second kappa shape index (κ2) is 40.8. The van der Waals surface area contributed by atoms with Crippen LogP contribution in [0.15, 0.2) is 42.6 Å². The van der Waals surface area contributed by atoms with Crippen LogP contribution in [0.2, 0.25) is 5.02 Å². The Bertz CT molecular complexity index is 2890. The summed E-state index contributed by atoms with van der Waals surface area (Å²) >= 11 is 6.41. The Morgan fingerprint density at radius 1 is 0.591 bits per heavy atom. The number of imidazole rings is 1. The molecular formula is C63H94ClFN12O16. The number of hydrogen-bond donors (Lipinski definition) is 6. The molecule has 5 heterocycles. The van der Waals surface area contributed by atoms with Gasteiger partial charge in [0.1, 0.15) is 17.5 Å². The number of amides is 2. The molecule has 3 aliphatic heterocycles. The summed E-state index contributed by atoms with van der Waals surface area (Å²) in [4.78, 5) is 87.8. The van der Waals surface area contributed by atoms with Crippen molar-refractivity contribution in [2.45, 2.75) is 32.2 Å². The van der Waals surface area contributed by atoms with Crippen molar-refractivity contribution in [3.8, 4) is 22.5 Å². The molecule has 30 heteroatoms. The minimum Gasteiger partial charge on any atom is -0.480 e. The Labute approximate surface area is 547 Å². The summed E-state index contributed by atoms with van der Waals surface area (Å²) in [6.07, 6.45) is 3.69. The number of carbonyl (C=O) groups is 5. The van der Waals surface area contributed by atoms with Crippen molar-refractivity contribution >= 4 is 63.9 Å². The maximum absolute atomic E-state index is 15.0. The molecule has 0 saturated carbocycles. The summed E-state index contributed by atoms with van der Waals surface area (Å²) in [5.41, 5.74) is 12.0. The zero-order chi connectivity index (χ0) is 66.2. The van der Waals surface area contributed by atoms with Crippen LogP contribution in [0, 0.1) is 12.7 Å². The van der Waals surface area contributed by atoms with E-state index < -0.39 is 17.9 Å². The molecule has 0 spiro atoms. The number of pyridine rings is 1. The Morgan fingerprint density at radius 3 is 1.53 bits per heavy atom. The number of carboxylic acid groups (broad SMARTS) is 3. The normalized spacial score (nSPS) is 16.4. The summed E-state index contributed by atoms with van der Waals surface area (Å²) in [5, 5.41) is 31.7. The number of piperidine rings is 1. The molecule has 3 aliphatic rings. The molecule has 28 nitrogen and oxygen atoms in total. The van der Waals surface area contributed by atoms with Crippen LogP contribution in [0.1, 0.15) is 24.8 Å². The third kappa shape index (κ3) is 26.8. The van der Waals surface area contributed by atoms with Gasteiger partial charge in [-0.1, -0.05) is 17.7 Å². The van der Waals surface area contributed by atoms with E-state index in [1.807, 2.05) is 47.2 Å². The van der Waals surface area contributed by atoms with E-state index in [0.717, 1.165) is 52.1 Å². The highest BCUT2D eigenvalue weighted by molar-refractivity contribution is 6.31. The van der Waals surface area contributed by atoms with Gasteiger partial charge in [0.15, 0.2) is 0 Å². The van der Waals surface area contributed by atoms with Gasteiger partial charge in [0.05, 0.1) is 161 Å². The fourth-order valence-electron chi connectivity index (χ4n) is 11.0. The van der Waals surface area contributed by atoms with Crippen molar-refractivity contribution in [2.24, 2.45) is 5.73 Å². The number of carboxylic acids is 3. The summed E-state index contributed by atoms with van der Waals surface area (Å²) in [5.74, 6) is -2.28. The van der Waals surface area contributed by atoms with Crippen LogP contribution in [0.5, 0.6) is 0 Å². The molecule has 4 aromatic rings. The van der Waals surface area contributed by atoms with Crippen molar-refractivity contribution in [2.75, 3.05) is 240 Å². The van der Waals surface area contributed by atoms with Gasteiger partial charge in [-0.2, -0.15) is 0 Å². The van der Waals surface area contributed by atoms with Crippen molar-refractivity contribution in [1.82, 2.24) is 44.8 Å². The molecule has 0 radical (unpaired) electrons. The number of fused-ring (bicyclic) bond motifs is 1. The molecule has 516 valence electrons. The zero-order valence-corrected chi connectivity index (χ0v) is 54.3. The van der Waals surface area contributed by atoms with E-state index in [4.69, 9.17) is 65.2 Å². The smallest absolute Gasteiger partial charge is 0.317 e. The number of aromatic nitrogens is 3. The number of nitrogens with zero attached hydrogens (tertiary/aromatic N) is 9. The first-order valence-corrected chi connectivity index (χ1v) is 32.4. The lowest BCUT2D eigenvalue weighted by Gasteiger charge is -2.39. The highest BCUT2D eigenvalue weighted by Gasteiger charge is 2.32. The molecule has 3 fully saturated rings. The molecule has 7 N–H and O–H groups in total. The van der Waals surface area contributed by atoms with E-state index in [9.17, 15) is 39.3 Å². The largest absolute Gasteiger partial charge is 0.480 e. The number of ether oxygens (including phenoxy) is 8.